The first-order valence-corrected chi connectivity index (χ1v) is 7.27. The number of benzene rings is 1. The molecule has 0 heterocycles. The minimum Gasteiger partial charge on any atom is -0.481 e. The molecule has 0 aliphatic rings. The summed E-state index contributed by atoms with van der Waals surface area (Å²) >= 11 is 0. The van der Waals surface area contributed by atoms with Crippen LogP contribution < -0.4 is 0 Å². The van der Waals surface area contributed by atoms with Crippen LogP contribution in [-0.2, 0) is 21.0 Å². The van der Waals surface area contributed by atoms with E-state index >= 15 is 0 Å². The summed E-state index contributed by atoms with van der Waals surface area (Å²) in [6.45, 7) is 0.841. The number of carbonyl (C=O) groups is 1. The topological polar surface area (TPSA) is 74.7 Å². The Bertz CT molecular complexity index is 628. The van der Waals surface area contributed by atoms with E-state index in [4.69, 9.17) is 5.11 Å². The van der Waals surface area contributed by atoms with E-state index < -0.39 is 45.1 Å². The second-order valence-electron chi connectivity index (χ2n) is 4.52. The molecule has 0 aliphatic heterocycles. The van der Waals surface area contributed by atoms with Crippen molar-refractivity contribution in [1.29, 1.82) is 0 Å². The number of halogens is 3. The van der Waals surface area contributed by atoms with Crippen molar-refractivity contribution < 1.29 is 31.5 Å². The SMILES string of the molecule is CC(CN(C)S(=O)(=O)c1ccccc1C(F)(F)F)C(=O)O. The molecule has 5 nitrogen and oxygen atoms in total. The zero-order valence-electron chi connectivity index (χ0n) is 11.3. The largest absolute Gasteiger partial charge is 0.481 e. The molecule has 0 spiro atoms. The standard InChI is InChI=1S/C12H14F3NO4S/c1-8(11(17)18)7-16(2)21(19,20)10-6-4-3-5-9(10)12(13,14)15/h3-6,8H,7H2,1-2H3,(H,17,18). The number of hydrogen-bond donors (Lipinski definition) is 1. The molecule has 21 heavy (non-hydrogen) atoms. The van der Waals surface area contributed by atoms with Crippen molar-refractivity contribution in [1.82, 2.24) is 4.31 Å². The maximum Gasteiger partial charge on any atom is 0.417 e. The molecule has 0 saturated heterocycles. The molecule has 0 aliphatic carbocycles. The molecule has 0 amide bonds. The van der Waals surface area contributed by atoms with Crippen molar-refractivity contribution >= 4 is 16.0 Å². The van der Waals surface area contributed by atoms with Gasteiger partial charge in [-0.05, 0) is 12.1 Å². The molecule has 1 aromatic carbocycles. The molecule has 118 valence electrons. The average molecular weight is 325 g/mol. The van der Waals surface area contributed by atoms with Gasteiger partial charge in [-0.1, -0.05) is 19.1 Å². The minimum absolute atomic E-state index is 0.427. The third kappa shape index (κ3) is 3.94. The summed E-state index contributed by atoms with van der Waals surface area (Å²) in [6, 6.07) is 3.78. The summed E-state index contributed by atoms with van der Waals surface area (Å²) < 4.78 is 63.6. The Morgan fingerprint density at radius 3 is 2.33 bits per heavy atom. The Hall–Kier alpha value is -1.61. The van der Waals surface area contributed by atoms with Gasteiger partial charge < -0.3 is 5.11 Å². The number of hydrogen-bond acceptors (Lipinski definition) is 3. The van der Waals surface area contributed by atoms with E-state index in [1.54, 1.807) is 0 Å². The molecule has 1 N–H and O–H groups in total. The summed E-state index contributed by atoms with van der Waals surface area (Å²) in [5.74, 6) is -2.27. The summed E-state index contributed by atoms with van der Waals surface area (Å²) in [5.41, 5.74) is -1.28. The Kier molecular flexibility index (Phi) is 5.00. The Morgan fingerprint density at radius 1 is 1.33 bits per heavy atom. The second-order valence-corrected chi connectivity index (χ2v) is 6.53. The summed E-state index contributed by atoms with van der Waals surface area (Å²) in [7, 11) is -3.39. The minimum atomic E-state index is -4.82. The van der Waals surface area contributed by atoms with Gasteiger partial charge in [0.1, 0.15) is 0 Å². The zero-order chi connectivity index (χ0) is 16.4. The van der Waals surface area contributed by atoms with Crippen molar-refractivity contribution in [3.8, 4) is 0 Å². The third-order valence-corrected chi connectivity index (χ3v) is 4.71. The summed E-state index contributed by atoms with van der Waals surface area (Å²) in [6.07, 6.45) is -4.82. The Balaban J connectivity index is 3.23. The maximum atomic E-state index is 12.9. The molecule has 0 saturated carbocycles. The molecule has 9 heteroatoms. The number of carboxylic acid groups (broad SMARTS) is 1. The molecule has 1 unspecified atom stereocenters. The smallest absolute Gasteiger partial charge is 0.417 e. The molecule has 0 aromatic heterocycles. The number of aliphatic carboxylic acids is 1. The van der Waals surface area contributed by atoms with Crippen LogP contribution in [0.3, 0.4) is 0 Å². The third-order valence-electron chi connectivity index (χ3n) is 2.83. The fourth-order valence-electron chi connectivity index (χ4n) is 1.66. The molecule has 1 rings (SSSR count). The molecule has 1 aromatic rings. The van der Waals surface area contributed by atoms with Crippen molar-refractivity contribution in [3.05, 3.63) is 29.8 Å². The van der Waals surface area contributed by atoms with Crippen LogP contribution in [0.1, 0.15) is 12.5 Å². The van der Waals surface area contributed by atoms with Crippen molar-refractivity contribution in [2.75, 3.05) is 13.6 Å². The van der Waals surface area contributed by atoms with Crippen LogP contribution in [0.5, 0.6) is 0 Å². The molecule has 1 atom stereocenters. The average Bonchev–Trinajstić information content (AvgIpc) is 2.37. The summed E-state index contributed by atoms with van der Waals surface area (Å²) in [4.78, 5) is 9.83. The fraction of sp³-hybridized carbons (Fsp3) is 0.417. The Morgan fingerprint density at radius 2 is 1.86 bits per heavy atom. The number of nitrogens with zero attached hydrogens (tertiary/aromatic N) is 1. The zero-order valence-corrected chi connectivity index (χ0v) is 12.1. The van der Waals surface area contributed by atoms with Crippen LogP contribution in [0.4, 0.5) is 13.2 Å². The van der Waals surface area contributed by atoms with Gasteiger partial charge in [0.15, 0.2) is 0 Å². The van der Waals surface area contributed by atoms with Gasteiger partial charge in [-0.2, -0.15) is 13.2 Å². The highest BCUT2D eigenvalue weighted by atomic mass is 32.2. The van der Waals surface area contributed by atoms with Gasteiger partial charge in [0.2, 0.25) is 10.0 Å². The lowest BCUT2D eigenvalue weighted by atomic mass is 10.2. The van der Waals surface area contributed by atoms with E-state index in [0.717, 1.165) is 19.2 Å². The lowest BCUT2D eigenvalue weighted by molar-refractivity contribution is -0.141. The van der Waals surface area contributed by atoms with Gasteiger partial charge >= 0.3 is 12.1 Å². The van der Waals surface area contributed by atoms with Crippen molar-refractivity contribution in [3.63, 3.8) is 0 Å². The van der Waals surface area contributed by atoms with E-state index in [0.29, 0.717) is 10.4 Å². The lowest BCUT2D eigenvalue weighted by Gasteiger charge is -2.21. The van der Waals surface area contributed by atoms with Gasteiger partial charge in [-0.3, -0.25) is 4.79 Å². The predicted molar refractivity (Wildman–Crippen MR) is 68.1 cm³/mol. The van der Waals surface area contributed by atoms with Crippen LogP contribution in [0, 0.1) is 5.92 Å². The van der Waals surface area contributed by atoms with E-state index in [1.807, 2.05) is 0 Å². The number of sulfonamides is 1. The van der Waals surface area contributed by atoms with Crippen molar-refractivity contribution in [2.24, 2.45) is 5.92 Å². The molecular weight excluding hydrogens is 311 g/mol. The second kappa shape index (κ2) is 6.02. The Labute approximate surface area is 120 Å². The molecule has 0 fully saturated rings. The van der Waals surface area contributed by atoms with Crippen molar-refractivity contribution in [2.45, 2.75) is 18.0 Å². The lowest BCUT2D eigenvalue weighted by Crippen LogP contribution is -2.34. The van der Waals surface area contributed by atoms with E-state index in [1.165, 1.54) is 13.0 Å². The van der Waals surface area contributed by atoms with Crippen LogP contribution in [0.2, 0.25) is 0 Å². The van der Waals surface area contributed by atoms with Gasteiger partial charge in [0, 0.05) is 13.6 Å². The van der Waals surface area contributed by atoms with Crippen LogP contribution in [-0.4, -0.2) is 37.4 Å². The normalized spacial score (nSPS) is 14.2. The summed E-state index contributed by atoms with van der Waals surface area (Å²) in [5, 5.41) is 8.75. The van der Waals surface area contributed by atoms with Gasteiger partial charge in [-0.25, -0.2) is 12.7 Å². The highest BCUT2D eigenvalue weighted by Crippen LogP contribution is 2.34. The van der Waals surface area contributed by atoms with Crippen LogP contribution in [0.25, 0.3) is 0 Å². The maximum absolute atomic E-state index is 12.9. The first-order valence-electron chi connectivity index (χ1n) is 5.83. The first-order chi connectivity index (χ1) is 9.48. The van der Waals surface area contributed by atoms with E-state index in [-0.39, 0.29) is 0 Å². The van der Waals surface area contributed by atoms with E-state index in [9.17, 15) is 26.4 Å². The monoisotopic (exact) mass is 325 g/mol. The van der Waals surface area contributed by atoms with E-state index in [2.05, 4.69) is 0 Å². The number of rotatable bonds is 5. The fourth-order valence-corrected chi connectivity index (χ4v) is 3.12. The highest BCUT2D eigenvalue weighted by molar-refractivity contribution is 7.89. The van der Waals surface area contributed by atoms with Crippen LogP contribution in [0.15, 0.2) is 29.2 Å². The van der Waals surface area contributed by atoms with Crippen LogP contribution >= 0.6 is 0 Å². The van der Waals surface area contributed by atoms with Gasteiger partial charge in [0.25, 0.3) is 0 Å². The first kappa shape index (κ1) is 17.4. The molecular formula is C12H14F3NO4S. The number of carboxylic acids is 1. The number of alkyl halides is 3. The molecule has 0 bridgehead atoms. The van der Waals surface area contributed by atoms with Gasteiger partial charge in [0.05, 0.1) is 16.4 Å². The van der Waals surface area contributed by atoms with Gasteiger partial charge in [-0.15, -0.1) is 0 Å². The predicted octanol–water partition coefficient (Wildman–Crippen LogP) is 2.05. The highest BCUT2D eigenvalue weighted by Gasteiger charge is 2.38. The quantitative estimate of drug-likeness (QED) is 0.899. The molecule has 0 radical (unpaired) electrons.